The highest BCUT2D eigenvalue weighted by Gasteiger charge is 2.18. The van der Waals surface area contributed by atoms with Gasteiger partial charge in [-0.3, -0.25) is 4.57 Å². The highest BCUT2D eigenvalue weighted by Crippen LogP contribution is 2.37. The molecule has 0 radical (unpaired) electrons. The molecule has 0 bridgehead atoms. The zero-order valence-electron chi connectivity index (χ0n) is 30.4. The Kier molecular flexibility index (Phi) is 8.43. The van der Waals surface area contributed by atoms with Gasteiger partial charge in [-0.15, -0.1) is 0 Å². The van der Waals surface area contributed by atoms with Crippen LogP contribution >= 0.6 is 0 Å². The highest BCUT2D eigenvalue weighted by atomic mass is 15.2. The summed E-state index contributed by atoms with van der Waals surface area (Å²) >= 11 is 0. The molecule has 0 atom stereocenters. The number of nitrogens with zero attached hydrogens (tertiary/aromatic N) is 5. The first kappa shape index (κ1) is 33.0. The second kappa shape index (κ2) is 14.3. The highest BCUT2D eigenvalue weighted by molar-refractivity contribution is 6.09. The van der Waals surface area contributed by atoms with Crippen LogP contribution in [-0.2, 0) is 0 Å². The van der Waals surface area contributed by atoms with Crippen molar-refractivity contribution >= 4 is 38.9 Å². The maximum Gasteiger partial charge on any atom is 0.238 e. The van der Waals surface area contributed by atoms with E-state index in [-0.39, 0.29) is 0 Å². The number of para-hydroxylation sites is 4. The lowest BCUT2D eigenvalue weighted by atomic mass is 10.0. The molecular weight excluding hydrogens is 683 g/mol. The quantitative estimate of drug-likeness (QED) is 0.157. The van der Waals surface area contributed by atoms with Crippen LogP contribution in [0.4, 0.5) is 17.1 Å². The molecule has 8 aromatic carbocycles. The first-order valence-electron chi connectivity index (χ1n) is 18.8. The topological polar surface area (TPSA) is 46.8 Å². The van der Waals surface area contributed by atoms with Gasteiger partial charge >= 0.3 is 0 Å². The van der Waals surface area contributed by atoms with Crippen LogP contribution in [0, 0.1) is 0 Å². The molecule has 0 fully saturated rings. The van der Waals surface area contributed by atoms with E-state index in [0.717, 1.165) is 66.7 Å². The van der Waals surface area contributed by atoms with Crippen molar-refractivity contribution in [3.63, 3.8) is 0 Å². The number of aromatic nitrogens is 4. The van der Waals surface area contributed by atoms with Crippen molar-refractivity contribution in [2.45, 2.75) is 0 Å². The van der Waals surface area contributed by atoms with E-state index >= 15 is 0 Å². The molecule has 2 aromatic heterocycles. The SMILES string of the molecule is c1ccc(-c2ccc(-c3nc(-c4ccc(-c5cccc(N(c6ccccc6)c6ccccc6)c5)cc4)nc(-n4c5ccccc5c5ccccc54)n3)cc2)cc1. The molecular formula is C51H35N5. The average molecular weight is 718 g/mol. The first-order chi connectivity index (χ1) is 27.8. The summed E-state index contributed by atoms with van der Waals surface area (Å²) in [6, 6.07) is 73.9. The normalized spacial score (nSPS) is 11.2. The lowest BCUT2D eigenvalue weighted by Crippen LogP contribution is -2.09. The van der Waals surface area contributed by atoms with Gasteiger partial charge in [-0.05, 0) is 70.8 Å². The second-order valence-corrected chi connectivity index (χ2v) is 13.7. The van der Waals surface area contributed by atoms with Crippen molar-refractivity contribution in [2.24, 2.45) is 0 Å². The van der Waals surface area contributed by atoms with Crippen LogP contribution in [0.2, 0.25) is 0 Å². The standard InChI is InChI=1S/C51H35N5/c1-4-15-36(16-5-1)37-27-31-39(32-28-37)49-52-50(54-51(53-49)56-47-25-12-10-23-45(47)46-24-11-13-26-48(46)56)40-33-29-38(30-34-40)41-17-14-22-44(35-41)55(42-18-6-2-7-19-42)43-20-8-3-9-21-43/h1-35H. The second-order valence-electron chi connectivity index (χ2n) is 13.7. The lowest BCUT2D eigenvalue weighted by Gasteiger charge is -2.25. The predicted octanol–water partition coefficient (Wildman–Crippen LogP) is 13.1. The van der Waals surface area contributed by atoms with E-state index in [1.165, 1.54) is 5.56 Å². The Morgan fingerprint density at radius 2 is 0.696 bits per heavy atom. The minimum atomic E-state index is 0.577. The van der Waals surface area contributed by atoms with Gasteiger partial charge in [-0.1, -0.05) is 164 Å². The fourth-order valence-corrected chi connectivity index (χ4v) is 7.54. The molecule has 5 nitrogen and oxygen atoms in total. The molecule has 56 heavy (non-hydrogen) atoms. The largest absolute Gasteiger partial charge is 0.310 e. The third-order valence-corrected chi connectivity index (χ3v) is 10.3. The third kappa shape index (κ3) is 6.17. The molecule has 0 saturated carbocycles. The number of hydrogen-bond acceptors (Lipinski definition) is 4. The van der Waals surface area contributed by atoms with Gasteiger partial charge in [0.15, 0.2) is 11.6 Å². The van der Waals surface area contributed by atoms with Crippen LogP contribution in [0.3, 0.4) is 0 Å². The molecule has 0 aliphatic rings. The fraction of sp³-hybridized carbons (Fsp3) is 0. The fourth-order valence-electron chi connectivity index (χ4n) is 7.54. The molecule has 0 unspecified atom stereocenters. The third-order valence-electron chi connectivity index (χ3n) is 10.3. The van der Waals surface area contributed by atoms with E-state index in [4.69, 9.17) is 15.0 Å². The molecule has 0 spiro atoms. The van der Waals surface area contributed by atoms with E-state index in [2.05, 4.69) is 204 Å². The van der Waals surface area contributed by atoms with E-state index in [1.807, 2.05) is 18.2 Å². The Bertz CT molecular complexity index is 2850. The van der Waals surface area contributed by atoms with Crippen LogP contribution in [0.1, 0.15) is 0 Å². The molecule has 0 saturated heterocycles. The van der Waals surface area contributed by atoms with Gasteiger partial charge in [0.25, 0.3) is 0 Å². The van der Waals surface area contributed by atoms with Gasteiger partial charge in [-0.2, -0.15) is 9.97 Å². The number of benzene rings is 8. The zero-order chi connectivity index (χ0) is 37.3. The first-order valence-corrected chi connectivity index (χ1v) is 18.8. The summed E-state index contributed by atoms with van der Waals surface area (Å²) in [6.07, 6.45) is 0. The Labute approximate surface area is 325 Å². The zero-order valence-corrected chi connectivity index (χ0v) is 30.4. The summed E-state index contributed by atoms with van der Waals surface area (Å²) < 4.78 is 2.16. The number of fused-ring (bicyclic) bond motifs is 3. The van der Waals surface area contributed by atoms with E-state index < -0.39 is 0 Å². The number of hydrogen-bond donors (Lipinski definition) is 0. The van der Waals surface area contributed by atoms with E-state index in [1.54, 1.807) is 0 Å². The van der Waals surface area contributed by atoms with Crippen molar-refractivity contribution < 1.29 is 0 Å². The van der Waals surface area contributed by atoms with Crippen LogP contribution in [0.5, 0.6) is 0 Å². The van der Waals surface area contributed by atoms with Crippen molar-refractivity contribution in [3.05, 3.63) is 212 Å². The summed E-state index contributed by atoms with van der Waals surface area (Å²) in [4.78, 5) is 17.7. The summed E-state index contributed by atoms with van der Waals surface area (Å²) in [5.41, 5.74) is 11.7. The van der Waals surface area contributed by atoms with Crippen molar-refractivity contribution in [2.75, 3.05) is 4.90 Å². The van der Waals surface area contributed by atoms with Gasteiger partial charge in [-0.25, -0.2) is 4.98 Å². The molecule has 0 amide bonds. The minimum Gasteiger partial charge on any atom is -0.310 e. The maximum absolute atomic E-state index is 5.18. The maximum atomic E-state index is 5.18. The summed E-state index contributed by atoms with van der Waals surface area (Å²) in [6.45, 7) is 0. The molecule has 10 rings (SSSR count). The van der Waals surface area contributed by atoms with E-state index in [0.29, 0.717) is 17.6 Å². The summed E-state index contributed by atoms with van der Waals surface area (Å²) in [5.74, 6) is 1.80. The Balaban J connectivity index is 1.07. The van der Waals surface area contributed by atoms with Gasteiger partial charge in [0.1, 0.15) is 0 Å². The van der Waals surface area contributed by atoms with Crippen molar-refractivity contribution in [3.8, 4) is 51.0 Å². The Hall–Kier alpha value is -7.63. The smallest absolute Gasteiger partial charge is 0.238 e. The average Bonchev–Trinajstić information content (AvgIpc) is 3.62. The lowest BCUT2D eigenvalue weighted by molar-refractivity contribution is 0.953. The summed E-state index contributed by atoms with van der Waals surface area (Å²) in [7, 11) is 0. The Morgan fingerprint density at radius 1 is 0.304 bits per heavy atom. The van der Waals surface area contributed by atoms with Crippen LogP contribution in [0.25, 0.3) is 72.8 Å². The number of anilines is 3. The molecule has 0 aliphatic carbocycles. The predicted molar refractivity (Wildman–Crippen MR) is 231 cm³/mol. The molecule has 10 aromatic rings. The minimum absolute atomic E-state index is 0.577. The molecule has 5 heteroatoms. The molecule has 264 valence electrons. The molecule has 0 aliphatic heterocycles. The van der Waals surface area contributed by atoms with Gasteiger partial charge < -0.3 is 4.90 Å². The summed E-state index contributed by atoms with van der Waals surface area (Å²) in [5, 5.41) is 2.31. The molecule has 2 heterocycles. The molecule has 0 N–H and O–H groups in total. The van der Waals surface area contributed by atoms with Crippen LogP contribution in [-0.4, -0.2) is 19.5 Å². The van der Waals surface area contributed by atoms with Crippen LogP contribution < -0.4 is 4.90 Å². The number of rotatable bonds is 8. The monoisotopic (exact) mass is 717 g/mol. The van der Waals surface area contributed by atoms with Gasteiger partial charge in [0.05, 0.1) is 11.0 Å². The van der Waals surface area contributed by atoms with Gasteiger partial charge in [0, 0.05) is 39.0 Å². The van der Waals surface area contributed by atoms with Crippen molar-refractivity contribution in [1.29, 1.82) is 0 Å². The Morgan fingerprint density at radius 3 is 1.23 bits per heavy atom. The van der Waals surface area contributed by atoms with Gasteiger partial charge in [0.2, 0.25) is 5.95 Å². The van der Waals surface area contributed by atoms with Crippen molar-refractivity contribution in [1.82, 2.24) is 19.5 Å². The van der Waals surface area contributed by atoms with Crippen LogP contribution in [0.15, 0.2) is 212 Å². The van der Waals surface area contributed by atoms with E-state index in [9.17, 15) is 0 Å².